The third kappa shape index (κ3) is 5.22. The van der Waals surface area contributed by atoms with Crippen molar-refractivity contribution < 1.29 is 13.2 Å². The summed E-state index contributed by atoms with van der Waals surface area (Å²) >= 11 is 0. The molecule has 5 nitrogen and oxygen atoms in total. The van der Waals surface area contributed by atoms with Crippen LogP contribution in [0.25, 0.3) is 10.8 Å². The number of sulfonamides is 1. The lowest BCUT2D eigenvalue weighted by Crippen LogP contribution is -2.50. The molecule has 0 bridgehead atoms. The van der Waals surface area contributed by atoms with E-state index >= 15 is 0 Å². The van der Waals surface area contributed by atoms with Crippen molar-refractivity contribution in [3.05, 3.63) is 78.4 Å². The van der Waals surface area contributed by atoms with Crippen LogP contribution in [0.15, 0.2) is 77.7 Å². The van der Waals surface area contributed by atoms with Crippen LogP contribution in [-0.2, 0) is 21.2 Å². The van der Waals surface area contributed by atoms with Gasteiger partial charge < -0.3 is 5.32 Å². The first-order valence-corrected chi connectivity index (χ1v) is 11.2. The zero-order chi connectivity index (χ0) is 20.9. The van der Waals surface area contributed by atoms with Gasteiger partial charge in [0.05, 0.1) is 4.90 Å². The zero-order valence-corrected chi connectivity index (χ0v) is 17.4. The predicted molar refractivity (Wildman–Crippen MR) is 116 cm³/mol. The molecular formula is C23H26N2O3S. The van der Waals surface area contributed by atoms with E-state index in [-0.39, 0.29) is 16.7 Å². The van der Waals surface area contributed by atoms with Crippen molar-refractivity contribution in [3.63, 3.8) is 0 Å². The normalized spacial score (nSPS) is 12.8. The number of hydrogen-bond donors (Lipinski definition) is 2. The highest BCUT2D eigenvalue weighted by molar-refractivity contribution is 7.89. The number of rotatable bonds is 8. The summed E-state index contributed by atoms with van der Waals surface area (Å²) in [5.74, 6) is -0.517. The molecule has 0 aliphatic rings. The quantitative estimate of drug-likeness (QED) is 0.597. The van der Waals surface area contributed by atoms with Gasteiger partial charge in [0.1, 0.15) is 6.04 Å². The largest absolute Gasteiger partial charge is 0.354 e. The van der Waals surface area contributed by atoms with E-state index in [0.717, 1.165) is 10.9 Å². The third-order valence-corrected chi connectivity index (χ3v) is 6.33. The third-order valence-electron chi connectivity index (χ3n) is 4.83. The minimum absolute atomic E-state index is 0.179. The second-order valence-corrected chi connectivity index (χ2v) is 9.03. The van der Waals surface area contributed by atoms with E-state index in [2.05, 4.69) is 10.0 Å². The van der Waals surface area contributed by atoms with Gasteiger partial charge in [-0.15, -0.1) is 0 Å². The Morgan fingerprint density at radius 3 is 2.28 bits per heavy atom. The Morgan fingerprint density at radius 2 is 1.55 bits per heavy atom. The first kappa shape index (κ1) is 21.0. The second kappa shape index (κ2) is 9.20. The molecule has 0 aliphatic heterocycles. The molecule has 0 radical (unpaired) electrons. The maximum atomic E-state index is 13.1. The Morgan fingerprint density at radius 1 is 0.897 bits per heavy atom. The van der Waals surface area contributed by atoms with E-state index in [9.17, 15) is 13.2 Å². The second-order valence-electron chi connectivity index (χ2n) is 7.35. The van der Waals surface area contributed by atoms with Crippen molar-refractivity contribution in [2.75, 3.05) is 6.54 Å². The summed E-state index contributed by atoms with van der Waals surface area (Å²) in [5, 5.41) is 4.33. The SMILES string of the molecule is CC(C)C(NS(=O)(=O)c1cccc2ccccc12)C(=O)NCCc1ccccc1. The average molecular weight is 411 g/mol. The number of amides is 1. The predicted octanol–water partition coefficient (Wildman–Crippen LogP) is 3.50. The Labute approximate surface area is 172 Å². The van der Waals surface area contributed by atoms with Gasteiger partial charge in [0.25, 0.3) is 0 Å². The molecule has 1 unspecified atom stereocenters. The highest BCUT2D eigenvalue weighted by atomic mass is 32.2. The van der Waals surface area contributed by atoms with Crippen molar-refractivity contribution >= 4 is 26.7 Å². The van der Waals surface area contributed by atoms with Gasteiger partial charge in [0.15, 0.2) is 0 Å². The van der Waals surface area contributed by atoms with Gasteiger partial charge >= 0.3 is 0 Å². The Bertz CT molecular complexity index is 1070. The highest BCUT2D eigenvalue weighted by Gasteiger charge is 2.29. The number of nitrogens with one attached hydrogen (secondary N) is 2. The van der Waals surface area contributed by atoms with E-state index < -0.39 is 16.1 Å². The topological polar surface area (TPSA) is 75.3 Å². The summed E-state index contributed by atoms with van der Waals surface area (Å²) in [4.78, 5) is 12.9. The number of hydrogen-bond acceptors (Lipinski definition) is 3. The van der Waals surface area contributed by atoms with Crippen molar-refractivity contribution in [3.8, 4) is 0 Å². The number of fused-ring (bicyclic) bond motifs is 1. The Balaban J connectivity index is 1.74. The monoisotopic (exact) mass is 410 g/mol. The summed E-state index contributed by atoms with van der Waals surface area (Å²) < 4.78 is 28.7. The fraction of sp³-hybridized carbons (Fsp3) is 0.261. The maximum absolute atomic E-state index is 13.1. The molecular weight excluding hydrogens is 384 g/mol. The standard InChI is InChI=1S/C23H26N2O3S/c1-17(2)22(23(26)24-16-15-18-9-4-3-5-10-18)25-29(27,28)21-14-8-12-19-11-6-7-13-20(19)21/h3-14,17,22,25H,15-16H2,1-2H3,(H,24,26). The van der Waals surface area contributed by atoms with Crippen LogP contribution in [0.2, 0.25) is 0 Å². The molecule has 2 N–H and O–H groups in total. The molecule has 0 aliphatic carbocycles. The summed E-state index contributed by atoms with van der Waals surface area (Å²) in [6.07, 6.45) is 0.688. The van der Waals surface area contributed by atoms with Crippen LogP contribution < -0.4 is 10.0 Å². The van der Waals surface area contributed by atoms with Gasteiger partial charge in [-0.25, -0.2) is 8.42 Å². The molecule has 3 aromatic carbocycles. The van der Waals surface area contributed by atoms with Crippen molar-refractivity contribution in [1.82, 2.24) is 10.0 Å². The van der Waals surface area contributed by atoms with Crippen LogP contribution in [0.3, 0.4) is 0 Å². The van der Waals surface area contributed by atoms with Crippen LogP contribution in [0.5, 0.6) is 0 Å². The molecule has 3 aromatic rings. The molecule has 1 atom stereocenters. The lowest BCUT2D eigenvalue weighted by atomic mass is 10.0. The highest BCUT2D eigenvalue weighted by Crippen LogP contribution is 2.23. The minimum atomic E-state index is -3.86. The van der Waals surface area contributed by atoms with E-state index in [0.29, 0.717) is 18.4 Å². The van der Waals surface area contributed by atoms with Gasteiger partial charge in [-0.1, -0.05) is 80.6 Å². The van der Waals surface area contributed by atoms with Gasteiger partial charge in [-0.2, -0.15) is 4.72 Å². The van der Waals surface area contributed by atoms with Crippen LogP contribution in [0.1, 0.15) is 19.4 Å². The van der Waals surface area contributed by atoms with Crippen LogP contribution >= 0.6 is 0 Å². The molecule has 0 saturated carbocycles. The summed E-state index contributed by atoms with van der Waals surface area (Å²) in [7, 11) is -3.86. The van der Waals surface area contributed by atoms with Crippen molar-refractivity contribution in [2.45, 2.75) is 31.2 Å². The fourth-order valence-electron chi connectivity index (χ4n) is 3.24. The number of benzene rings is 3. The van der Waals surface area contributed by atoms with Crippen LogP contribution in [0, 0.1) is 5.92 Å². The Kier molecular flexibility index (Phi) is 6.67. The summed E-state index contributed by atoms with van der Waals surface area (Å²) in [5.41, 5.74) is 1.12. The molecule has 0 spiro atoms. The molecule has 3 rings (SSSR count). The average Bonchev–Trinajstić information content (AvgIpc) is 2.72. The van der Waals surface area contributed by atoms with E-state index in [1.807, 2.05) is 62.4 Å². The summed E-state index contributed by atoms with van der Waals surface area (Å²) in [6, 6.07) is 21.4. The molecule has 0 aromatic heterocycles. The van der Waals surface area contributed by atoms with Crippen LogP contribution in [0.4, 0.5) is 0 Å². The molecule has 6 heteroatoms. The minimum Gasteiger partial charge on any atom is -0.354 e. The van der Waals surface area contributed by atoms with Gasteiger partial charge in [0, 0.05) is 11.9 Å². The number of carbonyl (C=O) groups is 1. The lowest BCUT2D eigenvalue weighted by molar-refractivity contribution is -0.123. The van der Waals surface area contributed by atoms with Crippen molar-refractivity contribution in [2.24, 2.45) is 5.92 Å². The van der Waals surface area contributed by atoms with E-state index in [1.165, 1.54) is 0 Å². The van der Waals surface area contributed by atoms with E-state index in [4.69, 9.17) is 0 Å². The first-order valence-electron chi connectivity index (χ1n) is 9.70. The van der Waals surface area contributed by atoms with Crippen LogP contribution in [-0.4, -0.2) is 26.9 Å². The first-order chi connectivity index (χ1) is 13.9. The van der Waals surface area contributed by atoms with Crippen molar-refractivity contribution in [1.29, 1.82) is 0 Å². The van der Waals surface area contributed by atoms with E-state index in [1.54, 1.807) is 24.3 Å². The zero-order valence-electron chi connectivity index (χ0n) is 16.6. The summed E-state index contributed by atoms with van der Waals surface area (Å²) in [6.45, 7) is 4.10. The smallest absolute Gasteiger partial charge is 0.241 e. The molecule has 1 amide bonds. The molecule has 29 heavy (non-hydrogen) atoms. The fourth-order valence-corrected chi connectivity index (χ4v) is 4.81. The molecule has 152 valence electrons. The molecule has 0 heterocycles. The molecule has 0 fully saturated rings. The number of carbonyl (C=O) groups excluding carboxylic acids is 1. The maximum Gasteiger partial charge on any atom is 0.241 e. The Hall–Kier alpha value is -2.70. The van der Waals surface area contributed by atoms with Gasteiger partial charge in [-0.3, -0.25) is 4.79 Å². The lowest BCUT2D eigenvalue weighted by Gasteiger charge is -2.22. The molecule has 0 saturated heterocycles. The van der Waals surface area contributed by atoms with Gasteiger partial charge in [-0.05, 0) is 29.4 Å². The van der Waals surface area contributed by atoms with Gasteiger partial charge in [0.2, 0.25) is 15.9 Å².